The number of thioether (sulfide) groups is 1. The predicted molar refractivity (Wildman–Crippen MR) is 99.8 cm³/mol. The number of amides is 1. The van der Waals surface area contributed by atoms with Crippen LogP contribution in [0.25, 0.3) is 6.08 Å². The highest BCUT2D eigenvalue weighted by atomic mass is 32.2. The molecule has 0 atom stereocenters. The molecule has 1 N–H and O–H groups in total. The standard InChI is InChI=1S/C19H16N2O3S/c1-12-3-9-15(10-4-12)20-19-21-17(22)16(25-19)11-13-5-7-14(8-6-13)18(23)24-2/h3-11H,1-2H3,(H,20,21,22)/b16-11-. The van der Waals surface area contributed by atoms with Crippen molar-refractivity contribution >= 4 is 40.6 Å². The van der Waals surface area contributed by atoms with Crippen molar-refractivity contribution in [2.24, 2.45) is 4.99 Å². The molecular formula is C19H16N2O3S. The van der Waals surface area contributed by atoms with Gasteiger partial charge in [-0.1, -0.05) is 29.8 Å². The molecule has 1 saturated heterocycles. The second-order valence-electron chi connectivity index (χ2n) is 5.43. The number of carbonyl (C=O) groups is 2. The number of benzene rings is 2. The highest BCUT2D eigenvalue weighted by Gasteiger charge is 2.23. The Morgan fingerprint density at radius 3 is 2.44 bits per heavy atom. The van der Waals surface area contributed by atoms with Crippen molar-refractivity contribution in [3.8, 4) is 0 Å². The molecule has 126 valence electrons. The maximum Gasteiger partial charge on any atom is 0.337 e. The summed E-state index contributed by atoms with van der Waals surface area (Å²) in [5.74, 6) is -0.576. The summed E-state index contributed by atoms with van der Waals surface area (Å²) < 4.78 is 4.67. The normalized spacial score (nSPS) is 17.0. The Morgan fingerprint density at radius 1 is 1.12 bits per heavy atom. The number of hydrogen-bond donors (Lipinski definition) is 1. The van der Waals surface area contributed by atoms with Gasteiger partial charge in [-0.2, -0.15) is 0 Å². The van der Waals surface area contributed by atoms with E-state index in [9.17, 15) is 9.59 Å². The molecule has 3 rings (SSSR count). The SMILES string of the molecule is COC(=O)c1ccc(/C=C2\SC(=Nc3ccc(C)cc3)NC2=O)cc1. The van der Waals surface area contributed by atoms with Gasteiger partial charge in [0.05, 0.1) is 23.3 Å². The van der Waals surface area contributed by atoms with Crippen LogP contribution in [0.15, 0.2) is 58.4 Å². The summed E-state index contributed by atoms with van der Waals surface area (Å²) in [5.41, 5.74) is 3.23. The van der Waals surface area contributed by atoms with Crippen LogP contribution in [0.3, 0.4) is 0 Å². The molecule has 2 aromatic rings. The van der Waals surface area contributed by atoms with Gasteiger partial charge in [0.1, 0.15) is 0 Å². The third kappa shape index (κ3) is 4.16. The molecule has 1 amide bonds. The van der Waals surface area contributed by atoms with Gasteiger partial charge in [-0.25, -0.2) is 9.79 Å². The van der Waals surface area contributed by atoms with E-state index in [0.29, 0.717) is 15.6 Å². The fourth-order valence-corrected chi connectivity index (χ4v) is 3.04. The van der Waals surface area contributed by atoms with Crippen LogP contribution >= 0.6 is 11.8 Å². The first-order valence-corrected chi connectivity index (χ1v) is 8.41. The van der Waals surface area contributed by atoms with Crippen molar-refractivity contribution in [3.63, 3.8) is 0 Å². The monoisotopic (exact) mass is 352 g/mol. The molecule has 1 aliphatic heterocycles. The Hall–Kier alpha value is -2.86. The highest BCUT2D eigenvalue weighted by molar-refractivity contribution is 8.18. The van der Waals surface area contributed by atoms with E-state index in [4.69, 9.17) is 0 Å². The Kier molecular flexibility index (Phi) is 5.00. The van der Waals surface area contributed by atoms with Gasteiger partial charge in [0, 0.05) is 0 Å². The molecule has 25 heavy (non-hydrogen) atoms. The largest absolute Gasteiger partial charge is 0.465 e. The first-order valence-electron chi connectivity index (χ1n) is 7.60. The van der Waals surface area contributed by atoms with Crippen molar-refractivity contribution < 1.29 is 14.3 Å². The summed E-state index contributed by atoms with van der Waals surface area (Å²) in [4.78, 5) is 28.5. The second-order valence-corrected chi connectivity index (χ2v) is 6.46. The Labute approximate surface area is 149 Å². The zero-order valence-electron chi connectivity index (χ0n) is 13.8. The molecule has 1 aliphatic rings. The van der Waals surface area contributed by atoms with E-state index in [-0.39, 0.29) is 11.9 Å². The summed E-state index contributed by atoms with van der Waals surface area (Å²) in [6.07, 6.45) is 1.76. The van der Waals surface area contributed by atoms with Crippen LogP contribution in [0.2, 0.25) is 0 Å². The summed E-state index contributed by atoms with van der Waals surface area (Å²) in [6, 6.07) is 14.6. The highest BCUT2D eigenvalue weighted by Crippen LogP contribution is 2.28. The smallest absolute Gasteiger partial charge is 0.337 e. The van der Waals surface area contributed by atoms with Crippen LogP contribution in [0.4, 0.5) is 5.69 Å². The fraction of sp³-hybridized carbons (Fsp3) is 0.105. The van der Waals surface area contributed by atoms with Crippen molar-refractivity contribution in [3.05, 3.63) is 70.1 Å². The number of aliphatic imine (C=N–C) groups is 1. The van der Waals surface area contributed by atoms with Crippen LogP contribution in [-0.4, -0.2) is 24.2 Å². The molecule has 1 heterocycles. The quantitative estimate of drug-likeness (QED) is 0.676. The molecule has 6 heteroatoms. The van der Waals surface area contributed by atoms with E-state index in [0.717, 1.165) is 16.8 Å². The van der Waals surface area contributed by atoms with Crippen LogP contribution in [0, 0.1) is 6.92 Å². The summed E-state index contributed by atoms with van der Waals surface area (Å²) in [7, 11) is 1.34. The number of ether oxygens (including phenoxy) is 1. The van der Waals surface area contributed by atoms with E-state index in [1.807, 2.05) is 31.2 Å². The number of aryl methyl sites for hydroxylation is 1. The zero-order chi connectivity index (χ0) is 17.8. The predicted octanol–water partition coefficient (Wildman–Crippen LogP) is 3.67. The van der Waals surface area contributed by atoms with Crippen molar-refractivity contribution in [2.75, 3.05) is 7.11 Å². The molecule has 1 fully saturated rings. The third-order valence-electron chi connectivity index (χ3n) is 3.55. The topological polar surface area (TPSA) is 67.8 Å². The lowest BCUT2D eigenvalue weighted by atomic mass is 10.1. The molecule has 0 radical (unpaired) electrons. The minimum absolute atomic E-state index is 0.187. The van der Waals surface area contributed by atoms with Gasteiger partial charge in [0.25, 0.3) is 5.91 Å². The molecule has 2 aromatic carbocycles. The third-order valence-corrected chi connectivity index (χ3v) is 4.45. The lowest BCUT2D eigenvalue weighted by molar-refractivity contribution is -0.115. The lowest BCUT2D eigenvalue weighted by Crippen LogP contribution is -2.19. The number of amidine groups is 1. The van der Waals surface area contributed by atoms with Gasteiger partial charge < -0.3 is 10.1 Å². The second kappa shape index (κ2) is 7.36. The van der Waals surface area contributed by atoms with Gasteiger partial charge >= 0.3 is 5.97 Å². The number of hydrogen-bond acceptors (Lipinski definition) is 5. The first-order chi connectivity index (χ1) is 12.0. The van der Waals surface area contributed by atoms with E-state index < -0.39 is 0 Å². The minimum Gasteiger partial charge on any atom is -0.465 e. The molecule has 0 bridgehead atoms. The van der Waals surface area contributed by atoms with Crippen molar-refractivity contribution in [1.82, 2.24) is 5.32 Å². The van der Waals surface area contributed by atoms with Gasteiger partial charge in [-0.3, -0.25) is 4.79 Å². The molecule has 0 spiro atoms. The molecule has 5 nitrogen and oxygen atoms in total. The number of rotatable bonds is 3. The molecular weight excluding hydrogens is 336 g/mol. The molecule has 0 unspecified atom stereocenters. The first kappa shape index (κ1) is 17.0. The van der Waals surface area contributed by atoms with E-state index in [1.54, 1.807) is 30.3 Å². The average Bonchev–Trinajstić information content (AvgIpc) is 2.96. The van der Waals surface area contributed by atoms with Crippen LogP contribution in [0.5, 0.6) is 0 Å². The number of esters is 1. The maximum absolute atomic E-state index is 12.1. The molecule has 0 aromatic heterocycles. The average molecular weight is 352 g/mol. The lowest BCUT2D eigenvalue weighted by Gasteiger charge is -1.99. The van der Waals surface area contributed by atoms with Gasteiger partial charge in [0.15, 0.2) is 5.17 Å². The summed E-state index contributed by atoms with van der Waals surface area (Å²) in [6.45, 7) is 2.01. The van der Waals surface area contributed by atoms with E-state index >= 15 is 0 Å². The van der Waals surface area contributed by atoms with Gasteiger partial charge in [-0.15, -0.1) is 0 Å². The Bertz CT molecular complexity index is 869. The minimum atomic E-state index is -0.389. The number of carbonyl (C=O) groups excluding carboxylic acids is 2. The van der Waals surface area contributed by atoms with Gasteiger partial charge in [0.2, 0.25) is 0 Å². The zero-order valence-corrected chi connectivity index (χ0v) is 14.6. The number of nitrogens with one attached hydrogen (secondary N) is 1. The molecule has 0 saturated carbocycles. The van der Waals surface area contributed by atoms with Crippen molar-refractivity contribution in [2.45, 2.75) is 6.92 Å². The number of methoxy groups -OCH3 is 1. The number of nitrogens with zero attached hydrogens (tertiary/aromatic N) is 1. The van der Waals surface area contributed by atoms with Crippen LogP contribution < -0.4 is 5.32 Å². The maximum atomic E-state index is 12.1. The van der Waals surface area contributed by atoms with E-state index in [1.165, 1.54) is 18.9 Å². The van der Waals surface area contributed by atoms with Crippen molar-refractivity contribution in [1.29, 1.82) is 0 Å². The Balaban J connectivity index is 1.77. The summed E-state index contributed by atoms with van der Waals surface area (Å²) >= 11 is 1.29. The van der Waals surface area contributed by atoms with Crippen LogP contribution in [-0.2, 0) is 9.53 Å². The molecule has 0 aliphatic carbocycles. The van der Waals surface area contributed by atoms with Gasteiger partial charge in [-0.05, 0) is 54.6 Å². The van der Waals surface area contributed by atoms with E-state index in [2.05, 4.69) is 15.0 Å². The fourth-order valence-electron chi connectivity index (χ4n) is 2.20. The Morgan fingerprint density at radius 2 is 1.80 bits per heavy atom. The van der Waals surface area contributed by atoms with Crippen LogP contribution in [0.1, 0.15) is 21.5 Å². The summed E-state index contributed by atoms with van der Waals surface area (Å²) in [5, 5.41) is 3.31.